The molecular weight excluding hydrogens is 248 g/mol. The number of hydrogen-bond donors (Lipinski definition) is 2. The highest BCUT2D eigenvalue weighted by atomic mass is 32.2. The second-order valence-corrected chi connectivity index (χ2v) is 6.15. The summed E-state index contributed by atoms with van der Waals surface area (Å²) in [6.45, 7) is 3.47. The third-order valence-electron chi connectivity index (χ3n) is 1.87. The van der Waals surface area contributed by atoms with Crippen molar-refractivity contribution >= 4 is 27.0 Å². The van der Waals surface area contributed by atoms with Crippen LogP contribution in [0, 0.1) is 0 Å². The van der Waals surface area contributed by atoms with Crippen LogP contribution in [-0.4, -0.2) is 37.5 Å². The number of aliphatic hydroxyl groups is 1. The van der Waals surface area contributed by atoms with Gasteiger partial charge in [-0.3, -0.25) is 0 Å². The second-order valence-electron chi connectivity index (χ2n) is 3.07. The lowest BCUT2D eigenvalue weighted by Crippen LogP contribution is -2.33. The Bertz CT molecular complexity index is 453. The number of hydrogen-bond acceptors (Lipinski definition) is 5. The highest BCUT2D eigenvalue weighted by molar-refractivity contribution is 7.91. The number of nitrogens with two attached hydrogens (primary N) is 1. The van der Waals surface area contributed by atoms with Gasteiger partial charge in [-0.2, -0.15) is 4.31 Å². The van der Waals surface area contributed by atoms with E-state index in [9.17, 15) is 8.42 Å². The SMILES string of the molecule is C=CCN(CCO)S(=O)(=O)c1cc(N)cs1. The lowest BCUT2D eigenvalue weighted by molar-refractivity contribution is 0.260. The number of thiophene rings is 1. The predicted molar refractivity (Wildman–Crippen MR) is 64.8 cm³/mol. The maximum absolute atomic E-state index is 12.0. The molecule has 1 aromatic rings. The van der Waals surface area contributed by atoms with Gasteiger partial charge < -0.3 is 10.8 Å². The highest BCUT2D eigenvalue weighted by Crippen LogP contribution is 2.24. The van der Waals surface area contributed by atoms with Crippen LogP contribution in [0.15, 0.2) is 28.3 Å². The molecule has 1 aromatic heterocycles. The Labute approximate surface area is 98.9 Å². The van der Waals surface area contributed by atoms with E-state index in [0.29, 0.717) is 5.69 Å². The van der Waals surface area contributed by atoms with Crippen LogP contribution >= 0.6 is 11.3 Å². The lowest BCUT2D eigenvalue weighted by Gasteiger charge is -2.18. The van der Waals surface area contributed by atoms with E-state index in [4.69, 9.17) is 10.8 Å². The highest BCUT2D eigenvalue weighted by Gasteiger charge is 2.24. The van der Waals surface area contributed by atoms with Gasteiger partial charge in [0.25, 0.3) is 10.0 Å². The maximum Gasteiger partial charge on any atom is 0.252 e. The van der Waals surface area contributed by atoms with Crippen LogP contribution in [0.3, 0.4) is 0 Å². The van der Waals surface area contributed by atoms with Gasteiger partial charge in [0, 0.05) is 24.2 Å². The molecular formula is C9H14N2O3S2. The average molecular weight is 262 g/mol. The Morgan fingerprint density at radius 1 is 1.62 bits per heavy atom. The summed E-state index contributed by atoms with van der Waals surface area (Å²) in [5, 5.41) is 10.4. The van der Waals surface area contributed by atoms with Crippen molar-refractivity contribution in [1.82, 2.24) is 4.31 Å². The lowest BCUT2D eigenvalue weighted by atomic mass is 10.6. The zero-order chi connectivity index (χ0) is 12.2. The van der Waals surface area contributed by atoms with Crippen LogP contribution in [-0.2, 0) is 10.0 Å². The minimum atomic E-state index is -3.56. The van der Waals surface area contributed by atoms with Gasteiger partial charge in [0.2, 0.25) is 0 Å². The molecule has 0 saturated carbocycles. The minimum Gasteiger partial charge on any atom is -0.398 e. The van der Waals surface area contributed by atoms with Crippen molar-refractivity contribution in [3.05, 3.63) is 24.1 Å². The quantitative estimate of drug-likeness (QED) is 0.731. The summed E-state index contributed by atoms with van der Waals surface area (Å²) in [5.41, 5.74) is 5.90. The molecule has 1 rings (SSSR count). The first kappa shape index (κ1) is 13.2. The van der Waals surface area contributed by atoms with Crippen molar-refractivity contribution in [3.8, 4) is 0 Å². The van der Waals surface area contributed by atoms with E-state index in [2.05, 4.69) is 6.58 Å². The summed E-state index contributed by atoms with van der Waals surface area (Å²) in [6, 6.07) is 1.41. The molecule has 0 spiro atoms. The van der Waals surface area contributed by atoms with Crippen LogP contribution in [0.4, 0.5) is 5.69 Å². The number of nitrogens with zero attached hydrogens (tertiary/aromatic N) is 1. The molecule has 3 N–H and O–H groups in total. The molecule has 0 aliphatic rings. The Balaban J connectivity index is 3.02. The summed E-state index contributed by atoms with van der Waals surface area (Å²) in [4.78, 5) is 0. The molecule has 0 fully saturated rings. The third kappa shape index (κ3) is 2.82. The minimum absolute atomic E-state index is 0.0478. The Hall–Kier alpha value is -0.890. The molecule has 0 aliphatic carbocycles. The Morgan fingerprint density at radius 2 is 2.31 bits per heavy atom. The maximum atomic E-state index is 12.0. The van der Waals surface area contributed by atoms with Crippen molar-refractivity contribution < 1.29 is 13.5 Å². The second kappa shape index (κ2) is 5.44. The standard InChI is InChI=1S/C9H14N2O3S2/c1-2-3-11(4-5-12)16(13,14)9-6-8(10)7-15-9/h2,6-7,12H,1,3-5,10H2. The number of rotatable bonds is 6. The molecule has 1 heterocycles. The van der Waals surface area contributed by atoms with Crippen molar-refractivity contribution in [2.45, 2.75) is 4.21 Å². The van der Waals surface area contributed by atoms with E-state index in [-0.39, 0.29) is 23.9 Å². The molecule has 0 aromatic carbocycles. The predicted octanol–water partition coefficient (Wildman–Crippen LogP) is 0.499. The van der Waals surface area contributed by atoms with E-state index in [1.807, 2.05) is 0 Å². The van der Waals surface area contributed by atoms with Gasteiger partial charge in [0.05, 0.1) is 6.61 Å². The molecule has 0 bridgehead atoms. The van der Waals surface area contributed by atoms with E-state index in [1.165, 1.54) is 12.1 Å². The molecule has 0 atom stereocenters. The van der Waals surface area contributed by atoms with Gasteiger partial charge in [0.15, 0.2) is 0 Å². The number of aliphatic hydroxyl groups excluding tert-OH is 1. The van der Waals surface area contributed by atoms with E-state index in [0.717, 1.165) is 15.6 Å². The first-order valence-corrected chi connectivity index (χ1v) is 6.90. The summed E-state index contributed by atoms with van der Waals surface area (Å²) in [7, 11) is -3.56. The van der Waals surface area contributed by atoms with Crippen LogP contribution in [0.5, 0.6) is 0 Å². The van der Waals surface area contributed by atoms with Crippen molar-refractivity contribution in [2.24, 2.45) is 0 Å². The summed E-state index contributed by atoms with van der Waals surface area (Å²) in [5.74, 6) is 0. The molecule has 5 nitrogen and oxygen atoms in total. The fourth-order valence-corrected chi connectivity index (χ4v) is 3.79. The monoisotopic (exact) mass is 262 g/mol. The van der Waals surface area contributed by atoms with E-state index < -0.39 is 10.0 Å². The van der Waals surface area contributed by atoms with Crippen LogP contribution in [0.1, 0.15) is 0 Å². The van der Waals surface area contributed by atoms with Gasteiger partial charge in [0.1, 0.15) is 4.21 Å². The third-order valence-corrected chi connectivity index (χ3v) is 5.17. The smallest absolute Gasteiger partial charge is 0.252 e. The van der Waals surface area contributed by atoms with Gasteiger partial charge in [-0.05, 0) is 6.07 Å². The average Bonchev–Trinajstić information content (AvgIpc) is 2.65. The molecule has 0 aliphatic heterocycles. The van der Waals surface area contributed by atoms with Crippen molar-refractivity contribution in [2.75, 3.05) is 25.4 Å². The first-order valence-electron chi connectivity index (χ1n) is 4.58. The van der Waals surface area contributed by atoms with Gasteiger partial charge in [-0.1, -0.05) is 6.08 Å². The normalized spacial score (nSPS) is 11.9. The zero-order valence-electron chi connectivity index (χ0n) is 8.67. The molecule has 0 unspecified atom stereocenters. The van der Waals surface area contributed by atoms with E-state index in [1.54, 1.807) is 5.38 Å². The fraction of sp³-hybridized carbons (Fsp3) is 0.333. The van der Waals surface area contributed by atoms with Crippen molar-refractivity contribution in [1.29, 1.82) is 0 Å². The summed E-state index contributed by atoms with van der Waals surface area (Å²) < 4.78 is 25.4. The van der Waals surface area contributed by atoms with E-state index >= 15 is 0 Å². The number of nitrogen functional groups attached to an aromatic ring is 1. The number of sulfonamides is 1. The largest absolute Gasteiger partial charge is 0.398 e. The Morgan fingerprint density at radius 3 is 2.75 bits per heavy atom. The summed E-state index contributed by atoms with van der Waals surface area (Å²) in [6.07, 6.45) is 1.48. The molecule has 16 heavy (non-hydrogen) atoms. The zero-order valence-corrected chi connectivity index (χ0v) is 10.3. The summed E-state index contributed by atoms with van der Waals surface area (Å²) >= 11 is 1.07. The molecule has 7 heteroatoms. The van der Waals surface area contributed by atoms with Crippen LogP contribution in [0.25, 0.3) is 0 Å². The fourth-order valence-electron chi connectivity index (χ4n) is 1.16. The van der Waals surface area contributed by atoms with Crippen molar-refractivity contribution in [3.63, 3.8) is 0 Å². The van der Waals surface area contributed by atoms with Gasteiger partial charge in [-0.25, -0.2) is 8.42 Å². The Kier molecular flexibility index (Phi) is 4.48. The molecule has 90 valence electrons. The topological polar surface area (TPSA) is 83.6 Å². The molecule has 0 amide bonds. The van der Waals surface area contributed by atoms with Crippen LogP contribution < -0.4 is 5.73 Å². The first-order chi connectivity index (χ1) is 7.52. The van der Waals surface area contributed by atoms with Gasteiger partial charge in [-0.15, -0.1) is 17.9 Å². The molecule has 0 radical (unpaired) electrons. The van der Waals surface area contributed by atoms with Crippen LogP contribution in [0.2, 0.25) is 0 Å². The number of anilines is 1. The molecule has 0 saturated heterocycles. The van der Waals surface area contributed by atoms with Gasteiger partial charge >= 0.3 is 0 Å².